The number of aromatic amines is 1. The van der Waals surface area contributed by atoms with Crippen LogP contribution in [0.2, 0.25) is 0 Å². The molecule has 0 atom stereocenters. The molecule has 0 aliphatic carbocycles. The van der Waals surface area contributed by atoms with E-state index in [1.165, 1.54) is 4.57 Å². The lowest BCUT2D eigenvalue weighted by molar-refractivity contribution is 0.0955. The molecule has 0 fully saturated rings. The van der Waals surface area contributed by atoms with E-state index in [2.05, 4.69) is 15.5 Å². The smallest absolute Gasteiger partial charge is 0.271 e. The van der Waals surface area contributed by atoms with Gasteiger partial charge in [0.25, 0.3) is 11.5 Å². The standard InChI is InChI=1S/C26H24N4O3S/c1-33-16-8-15-30-25(32)21-14-13-20(17-22(21)27-26(30)34)24(31)29-28-23(18-9-4-2-5-10-18)19-11-6-3-7-12-19/h2-7,9-14,17H,8,15-16H2,1H3,(H,27,34)(H,29,31). The van der Waals surface area contributed by atoms with Crippen LogP contribution in [-0.4, -0.2) is 34.9 Å². The van der Waals surface area contributed by atoms with E-state index < -0.39 is 5.91 Å². The number of carbonyl (C=O) groups excluding carboxylic acids is 1. The van der Waals surface area contributed by atoms with E-state index in [0.29, 0.717) is 46.5 Å². The quantitative estimate of drug-likeness (QED) is 0.173. The van der Waals surface area contributed by atoms with Gasteiger partial charge in [0, 0.05) is 37.0 Å². The molecule has 172 valence electrons. The minimum atomic E-state index is -0.394. The van der Waals surface area contributed by atoms with Crippen molar-refractivity contribution in [3.05, 3.63) is 111 Å². The molecule has 0 saturated carbocycles. The minimum Gasteiger partial charge on any atom is -0.385 e. The molecular weight excluding hydrogens is 448 g/mol. The Morgan fingerprint density at radius 3 is 2.26 bits per heavy atom. The number of aromatic nitrogens is 2. The molecule has 1 heterocycles. The van der Waals surface area contributed by atoms with E-state index in [-0.39, 0.29) is 5.56 Å². The summed E-state index contributed by atoms with van der Waals surface area (Å²) < 4.78 is 6.87. The number of nitrogens with zero attached hydrogens (tertiary/aromatic N) is 2. The summed E-state index contributed by atoms with van der Waals surface area (Å²) in [6.07, 6.45) is 0.670. The van der Waals surface area contributed by atoms with Crippen LogP contribution in [0.15, 0.2) is 88.8 Å². The second kappa shape index (κ2) is 10.8. The third-order valence-corrected chi connectivity index (χ3v) is 5.66. The van der Waals surface area contributed by atoms with Gasteiger partial charge in [0.05, 0.1) is 16.6 Å². The van der Waals surface area contributed by atoms with Crippen molar-refractivity contribution in [1.29, 1.82) is 0 Å². The number of hydrazone groups is 1. The highest BCUT2D eigenvalue weighted by molar-refractivity contribution is 7.71. The Hall–Kier alpha value is -3.88. The van der Waals surface area contributed by atoms with Gasteiger partial charge < -0.3 is 9.72 Å². The number of hydrogen-bond donors (Lipinski definition) is 2. The maximum atomic E-state index is 12.9. The molecule has 8 heteroatoms. The van der Waals surface area contributed by atoms with E-state index in [0.717, 1.165) is 11.1 Å². The van der Waals surface area contributed by atoms with Crippen molar-refractivity contribution < 1.29 is 9.53 Å². The fourth-order valence-corrected chi connectivity index (χ4v) is 3.91. The average molecular weight is 473 g/mol. The Kier molecular flexibility index (Phi) is 7.41. The molecule has 4 aromatic rings. The van der Waals surface area contributed by atoms with Gasteiger partial charge in [0.2, 0.25) is 0 Å². The average Bonchev–Trinajstić information content (AvgIpc) is 2.87. The van der Waals surface area contributed by atoms with Crippen molar-refractivity contribution in [3.63, 3.8) is 0 Å². The van der Waals surface area contributed by atoms with Gasteiger partial charge in [-0.2, -0.15) is 5.10 Å². The number of H-pyrrole nitrogens is 1. The number of nitrogens with one attached hydrogen (secondary N) is 2. The maximum Gasteiger partial charge on any atom is 0.271 e. The molecule has 0 aliphatic rings. The molecule has 0 unspecified atom stereocenters. The van der Waals surface area contributed by atoms with Gasteiger partial charge in [-0.15, -0.1) is 0 Å². The summed E-state index contributed by atoms with van der Waals surface area (Å²) in [7, 11) is 1.61. The van der Waals surface area contributed by atoms with E-state index in [1.54, 1.807) is 25.3 Å². The molecule has 0 spiro atoms. The van der Waals surface area contributed by atoms with Gasteiger partial charge in [-0.25, -0.2) is 5.43 Å². The number of fused-ring (bicyclic) bond motifs is 1. The number of methoxy groups -OCH3 is 1. The van der Waals surface area contributed by atoms with Crippen molar-refractivity contribution in [1.82, 2.24) is 15.0 Å². The summed E-state index contributed by atoms with van der Waals surface area (Å²) >= 11 is 5.36. The molecule has 3 aromatic carbocycles. The number of amides is 1. The molecule has 2 N–H and O–H groups in total. The zero-order chi connectivity index (χ0) is 23.9. The SMILES string of the molecule is COCCCn1c(=S)[nH]c2cc(C(=O)NN=C(c3ccccc3)c3ccccc3)ccc2c1=O. The molecule has 1 amide bonds. The fraction of sp³-hybridized carbons (Fsp3) is 0.154. The van der Waals surface area contributed by atoms with Crippen LogP contribution in [0.1, 0.15) is 27.9 Å². The van der Waals surface area contributed by atoms with E-state index in [4.69, 9.17) is 17.0 Å². The largest absolute Gasteiger partial charge is 0.385 e. The Morgan fingerprint density at radius 1 is 1.00 bits per heavy atom. The van der Waals surface area contributed by atoms with Gasteiger partial charge in [0.1, 0.15) is 0 Å². The van der Waals surface area contributed by atoms with Crippen LogP contribution < -0.4 is 11.0 Å². The van der Waals surface area contributed by atoms with Crippen LogP contribution in [0, 0.1) is 4.77 Å². The van der Waals surface area contributed by atoms with E-state index in [1.807, 2.05) is 60.7 Å². The monoisotopic (exact) mass is 472 g/mol. The summed E-state index contributed by atoms with van der Waals surface area (Å²) in [5.74, 6) is -0.394. The highest BCUT2D eigenvalue weighted by atomic mass is 32.1. The Bertz CT molecular complexity index is 1400. The molecule has 0 radical (unpaired) electrons. The summed E-state index contributed by atoms with van der Waals surface area (Å²) in [4.78, 5) is 28.8. The second-order valence-electron chi connectivity index (χ2n) is 7.63. The van der Waals surface area contributed by atoms with Crippen LogP contribution in [0.5, 0.6) is 0 Å². The zero-order valence-electron chi connectivity index (χ0n) is 18.7. The molecule has 4 rings (SSSR count). The second-order valence-corrected chi connectivity index (χ2v) is 8.01. The van der Waals surface area contributed by atoms with E-state index in [9.17, 15) is 9.59 Å². The van der Waals surface area contributed by atoms with Crippen LogP contribution in [0.3, 0.4) is 0 Å². The lowest BCUT2D eigenvalue weighted by atomic mass is 10.0. The van der Waals surface area contributed by atoms with Gasteiger partial charge in [-0.05, 0) is 36.8 Å². The van der Waals surface area contributed by atoms with Gasteiger partial charge in [-0.1, -0.05) is 60.7 Å². The number of hydrogen-bond acceptors (Lipinski definition) is 5. The highest BCUT2D eigenvalue weighted by Gasteiger charge is 2.12. The first kappa shape index (κ1) is 23.3. The first-order valence-electron chi connectivity index (χ1n) is 10.8. The third kappa shape index (κ3) is 5.19. The van der Waals surface area contributed by atoms with Crippen molar-refractivity contribution in [2.24, 2.45) is 5.10 Å². The molecule has 0 bridgehead atoms. The summed E-state index contributed by atoms with van der Waals surface area (Å²) in [5.41, 5.74) is 5.72. The summed E-state index contributed by atoms with van der Waals surface area (Å²) in [5, 5.41) is 4.88. The van der Waals surface area contributed by atoms with Gasteiger partial charge >= 0.3 is 0 Å². The van der Waals surface area contributed by atoms with Crippen LogP contribution in [-0.2, 0) is 11.3 Å². The Labute approximate surface area is 201 Å². The van der Waals surface area contributed by atoms with Crippen molar-refractivity contribution in [2.75, 3.05) is 13.7 Å². The topological polar surface area (TPSA) is 88.5 Å². The van der Waals surface area contributed by atoms with Crippen molar-refractivity contribution in [3.8, 4) is 0 Å². The molecule has 7 nitrogen and oxygen atoms in total. The maximum absolute atomic E-state index is 12.9. The first-order valence-corrected chi connectivity index (χ1v) is 11.2. The number of carbonyl (C=O) groups is 1. The zero-order valence-corrected chi connectivity index (χ0v) is 19.5. The van der Waals surface area contributed by atoms with Crippen LogP contribution in [0.4, 0.5) is 0 Å². The minimum absolute atomic E-state index is 0.199. The van der Waals surface area contributed by atoms with Crippen LogP contribution in [0.25, 0.3) is 10.9 Å². The van der Waals surface area contributed by atoms with Crippen molar-refractivity contribution >= 4 is 34.7 Å². The number of rotatable bonds is 8. The van der Waals surface area contributed by atoms with Gasteiger partial charge in [0.15, 0.2) is 4.77 Å². The number of benzene rings is 3. The molecule has 0 saturated heterocycles. The van der Waals surface area contributed by atoms with Gasteiger partial charge in [-0.3, -0.25) is 14.2 Å². The lowest BCUT2D eigenvalue weighted by Gasteiger charge is -2.10. The fourth-order valence-electron chi connectivity index (χ4n) is 3.62. The summed E-state index contributed by atoms with van der Waals surface area (Å²) in [6.45, 7) is 0.990. The molecule has 1 aromatic heterocycles. The Morgan fingerprint density at radius 2 is 1.65 bits per heavy atom. The third-order valence-electron chi connectivity index (χ3n) is 5.34. The summed E-state index contributed by atoms with van der Waals surface area (Å²) in [6, 6.07) is 24.1. The van der Waals surface area contributed by atoms with Crippen molar-refractivity contribution in [2.45, 2.75) is 13.0 Å². The Balaban J connectivity index is 1.63. The lowest BCUT2D eigenvalue weighted by Crippen LogP contribution is -2.24. The first-order chi connectivity index (χ1) is 16.6. The van der Waals surface area contributed by atoms with E-state index >= 15 is 0 Å². The van der Waals surface area contributed by atoms with Crippen LogP contribution >= 0.6 is 12.2 Å². The highest BCUT2D eigenvalue weighted by Crippen LogP contribution is 2.13. The molecule has 34 heavy (non-hydrogen) atoms. The normalized spacial score (nSPS) is 10.7. The number of ether oxygens (including phenoxy) is 1. The molecular formula is C26H24N4O3S. The molecule has 0 aliphatic heterocycles. The predicted molar refractivity (Wildman–Crippen MR) is 136 cm³/mol. The predicted octanol–water partition coefficient (Wildman–Crippen LogP) is 4.28.